The van der Waals surface area contributed by atoms with Gasteiger partial charge in [0.15, 0.2) is 5.58 Å². The molecule has 6 nitrogen and oxygen atoms in total. The highest BCUT2D eigenvalue weighted by Gasteiger charge is 2.25. The van der Waals surface area contributed by atoms with Gasteiger partial charge in [-0.25, -0.2) is 0 Å². The lowest BCUT2D eigenvalue weighted by atomic mass is 10.1. The number of rotatable bonds is 5. The molecular weight excluding hydrogens is 306 g/mol. The second-order valence-electron chi connectivity index (χ2n) is 6.67. The molecule has 1 aromatic carbocycles. The fourth-order valence-corrected chi connectivity index (χ4v) is 3.25. The van der Waals surface area contributed by atoms with Gasteiger partial charge in [0.05, 0.1) is 18.6 Å². The summed E-state index contributed by atoms with van der Waals surface area (Å²) in [6, 6.07) is 7.87. The Labute approximate surface area is 142 Å². The maximum atomic E-state index is 12.2. The lowest BCUT2D eigenvalue weighted by Crippen LogP contribution is -2.52. The van der Waals surface area contributed by atoms with Crippen molar-refractivity contribution in [3.8, 4) is 0 Å². The van der Waals surface area contributed by atoms with Crippen LogP contribution in [0.5, 0.6) is 0 Å². The quantitative estimate of drug-likeness (QED) is 0.907. The van der Waals surface area contributed by atoms with Gasteiger partial charge in [0.25, 0.3) is 0 Å². The Kier molecular flexibility index (Phi) is 5.16. The average Bonchev–Trinajstić information content (AvgIpc) is 2.95. The lowest BCUT2D eigenvalue weighted by molar-refractivity contribution is -0.121. The largest absolute Gasteiger partial charge is 0.373 e. The highest BCUT2D eigenvalue weighted by Crippen LogP contribution is 2.18. The van der Waals surface area contributed by atoms with Crippen molar-refractivity contribution in [2.75, 3.05) is 19.6 Å². The Hall–Kier alpha value is -1.92. The Bertz CT molecular complexity index is 690. The van der Waals surface area contributed by atoms with Crippen molar-refractivity contribution in [2.24, 2.45) is 0 Å². The van der Waals surface area contributed by atoms with Gasteiger partial charge in [-0.2, -0.15) is 0 Å². The van der Waals surface area contributed by atoms with E-state index >= 15 is 0 Å². The number of hydrogen-bond donors (Lipinski definition) is 1. The van der Waals surface area contributed by atoms with Gasteiger partial charge in [-0.15, -0.1) is 0 Å². The standard InChI is InChI=1S/C18H25N3O3/c1-12(21-10-13(2)23-14(3)11-21)9-19-18(22)8-16-15-6-4-5-7-17(15)24-20-16/h4-7,12-14H,8-11H2,1-3H3,(H,19,22)/t12-,13-,14-/m1/s1. The van der Waals surface area contributed by atoms with E-state index < -0.39 is 0 Å². The molecule has 3 rings (SSSR count). The number of nitrogens with one attached hydrogen (secondary N) is 1. The van der Waals surface area contributed by atoms with E-state index in [0.29, 0.717) is 17.8 Å². The van der Waals surface area contributed by atoms with Crippen LogP contribution in [0.25, 0.3) is 11.0 Å². The monoisotopic (exact) mass is 331 g/mol. The minimum atomic E-state index is -0.0322. The van der Waals surface area contributed by atoms with E-state index in [0.717, 1.165) is 18.5 Å². The lowest BCUT2D eigenvalue weighted by Gasteiger charge is -2.39. The molecule has 1 aliphatic rings. The van der Waals surface area contributed by atoms with Crippen LogP contribution in [-0.2, 0) is 16.0 Å². The summed E-state index contributed by atoms with van der Waals surface area (Å²) in [6.07, 6.45) is 0.696. The summed E-state index contributed by atoms with van der Waals surface area (Å²) in [7, 11) is 0. The average molecular weight is 331 g/mol. The van der Waals surface area contributed by atoms with Crippen LogP contribution >= 0.6 is 0 Å². The van der Waals surface area contributed by atoms with Gasteiger partial charge in [-0.1, -0.05) is 17.3 Å². The molecule has 1 fully saturated rings. The molecule has 2 heterocycles. The molecule has 0 spiro atoms. The topological polar surface area (TPSA) is 67.6 Å². The maximum Gasteiger partial charge on any atom is 0.226 e. The number of carbonyl (C=O) groups is 1. The van der Waals surface area contributed by atoms with Crippen molar-refractivity contribution in [1.29, 1.82) is 0 Å². The van der Waals surface area contributed by atoms with Crippen LogP contribution < -0.4 is 5.32 Å². The van der Waals surface area contributed by atoms with Crippen molar-refractivity contribution in [1.82, 2.24) is 15.4 Å². The van der Waals surface area contributed by atoms with Crippen LogP contribution in [0.1, 0.15) is 26.5 Å². The first-order valence-electron chi connectivity index (χ1n) is 8.52. The normalized spacial score (nSPS) is 23.3. The molecule has 0 bridgehead atoms. The predicted molar refractivity (Wildman–Crippen MR) is 91.8 cm³/mol. The zero-order chi connectivity index (χ0) is 17.1. The van der Waals surface area contributed by atoms with E-state index in [9.17, 15) is 4.79 Å². The molecule has 1 aliphatic heterocycles. The molecule has 0 aliphatic carbocycles. The first-order chi connectivity index (χ1) is 11.5. The van der Waals surface area contributed by atoms with Gasteiger partial charge in [-0.3, -0.25) is 9.69 Å². The molecule has 1 amide bonds. The number of morpholine rings is 1. The van der Waals surface area contributed by atoms with E-state index in [4.69, 9.17) is 9.26 Å². The van der Waals surface area contributed by atoms with Crippen LogP contribution in [-0.4, -0.2) is 53.8 Å². The number of aromatic nitrogens is 1. The molecule has 6 heteroatoms. The minimum Gasteiger partial charge on any atom is -0.373 e. The molecule has 3 atom stereocenters. The molecule has 1 saturated heterocycles. The number of amides is 1. The first-order valence-corrected chi connectivity index (χ1v) is 8.52. The molecule has 2 aromatic rings. The smallest absolute Gasteiger partial charge is 0.226 e. The Morgan fingerprint density at radius 3 is 2.79 bits per heavy atom. The molecular formula is C18H25N3O3. The number of ether oxygens (including phenoxy) is 1. The Balaban J connectivity index is 1.52. The van der Waals surface area contributed by atoms with Crippen molar-refractivity contribution in [2.45, 2.75) is 45.4 Å². The Morgan fingerprint density at radius 1 is 1.33 bits per heavy atom. The van der Waals surface area contributed by atoms with Crippen molar-refractivity contribution in [3.05, 3.63) is 30.0 Å². The third-order valence-electron chi connectivity index (χ3n) is 4.45. The molecule has 24 heavy (non-hydrogen) atoms. The summed E-state index contributed by atoms with van der Waals surface area (Å²) in [5.41, 5.74) is 1.40. The van der Waals surface area contributed by atoms with E-state index in [-0.39, 0.29) is 30.6 Å². The number of carbonyl (C=O) groups excluding carboxylic acids is 1. The van der Waals surface area contributed by atoms with Gasteiger partial charge < -0.3 is 14.6 Å². The number of fused-ring (bicyclic) bond motifs is 1. The predicted octanol–water partition coefficient (Wildman–Crippen LogP) is 1.98. The van der Waals surface area contributed by atoms with Crippen molar-refractivity contribution >= 4 is 16.9 Å². The summed E-state index contributed by atoms with van der Waals surface area (Å²) in [5.74, 6) is -0.0322. The maximum absolute atomic E-state index is 12.2. The van der Waals surface area contributed by atoms with Crippen LogP contribution in [0, 0.1) is 0 Å². The SMILES string of the molecule is C[C@@H]1CN([C@H](C)CNC(=O)Cc2noc3ccccc23)C[C@@H](C)O1. The molecule has 0 radical (unpaired) electrons. The molecule has 1 aromatic heterocycles. The minimum absolute atomic E-state index is 0.0322. The summed E-state index contributed by atoms with van der Waals surface area (Å²) in [5, 5.41) is 7.92. The molecule has 1 N–H and O–H groups in total. The summed E-state index contributed by atoms with van der Waals surface area (Å²) in [4.78, 5) is 14.6. The second-order valence-corrected chi connectivity index (χ2v) is 6.67. The Morgan fingerprint density at radius 2 is 2.04 bits per heavy atom. The third kappa shape index (κ3) is 3.94. The number of nitrogens with zero attached hydrogens (tertiary/aromatic N) is 2. The number of para-hydroxylation sites is 1. The fourth-order valence-electron chi connectivity index (χ4n) is 3.25. The second kappa shape index (κ2) is 7.32. The van der Waals surface area contributed by atoms with Crippen LogP contribution in [0.4, 0.5) is 0 Å². The van der Waals surface area contributed by atoms with Crippen LogP contribution in [0.3, 0.4) is 0 Å². The van der Waals surface area contributed by atoms with Gasteiger partial charge in [0.1, 0.15) is 5.69 Å². The van der Waals surface area contributed by atoms with E-state index in [1.807, 2.05) is 24.3 Å². The van der Waals surface area contributed by atoms with Crippen molar-refractivity contribution in [3.63, 3.8) is 0 Å². The summed E-state index contributed by atoms with van der Waals surface area (Å²) in [6.45, 7) is 8.72. The highest BCUT2D eigenvalue weighted by atomic mass is 16.5. The first kappa shape index (κ1) is 16.9. The fraction of sp³-hybridized carbons (Fsp3) is 0.556. The summed E-state index contributed by atoms with van der Waals surface area (Å²) >= 11 is 0. The van der Waals surface area contributed by atoms with Crippen molar-refractivity contribution < 1.29 is 14.1 Å². The van der Waals surface area contributed by atoms with Gasteiger partial charge >= 0.3 is 0 Å². The summed E-state index contributed by atoms with van der Waals surface area (Å²) < 4.78 is 11.0. The highest BCUT2D eigenvalue weighted by molar-refractivity contribution is 5.86. The zero-order valence-corrected chi connectivity index (χ0v) is 14.5. The number of benzene rings is 1. The van der Waals surface area contributed by atoms with E-state index in [2.05, 4.69) is 36.1 Å². The van der Waals surface area contributed by atoms with Gasteiger partial charge in [0.2, 0.25) is 5.91 Å². The van der Waals surface area contributed by atoms with Crippen LogP contribution in [0.15, 0.2) is 28.8 Å². The van der Waals surface area contributed by atoms with E-state index in [1.54, 1.807) is 0 Å². The van der Waals surface area contributed by atoms with Gasteiger partial charge in [0, 0.05) is 31.1 Å². The van der Waals surface area contributed by atoms with Crippen LogP contribution in [0.2, 0.25) is 0 Å². The third-order valence-corrected chi connectivity index (χ3v) is 4.45. The molecule has 130 valence electrons. The molecule has 0 saturated carbocycles. The molecule has 0 unspecified atom stereocenters. The van der Waals surface area contributed by atoms with Gasteiger partial charge in [-0.05, 0) is 32.9 Å². The number of hydrogen-bond acceptors (Lipinski definition) is 5. The van der Waals surface area contributed by atoms with E-state index in [1.165, 1.54) is 0 Å². The zero-order valence-electron chi connectivity index (χ0n) is 14.5.